The highest BCUT2D eigenvalue weighted by Gasteiger charge is 2.22. The number of hydrogen-bond donors (Lipinski definition) is 1. The number of nitrogens with zero attached hydrogens (tertiary/aromatic N) is 3. The van der Waals surface area contributed by atoms with E-state index in [-0.39, 0.29) is 0 Å². The summed E-state index contributed by atoms with van der Waals surface area (Å²) in [6, 6.07) is 3.17. The van der Waals surface area contributed by atoms with Gasteiger partial charge in [0.25, 0.3) is 0 Å². The summed E-state index contributed by atoms with van der Waals surface area (Å²) in [4.78, 5) is 0. The van der Waals surface area contributed by atoms with Gasteiger partial charge in [0.15, 0.2) is 0 Å². The first-order chi connectivity index (χ1) is 7.33. The van der Waals surface area contributed by atoms with Crippen molar-refractivity contribution in [2.75, 3.05) is 7.05 Å². The van der Waals surface area contributed by atoms with Gasteiger partial charge in [-0.3, -0.25) is 4.68 Å². The zero-order chi connectivity index (χ0) is 10.7. The predicted molar refractivity (Wildman–Crippen MR) is 57.3 cm³/mol. The summed E-state index contributed by atoms with van der Waals surface area (Å²) in [6.45, 7) is 0. The molecule has 2 rings (SSSR count). The Labute approximate surface area is 89.9 Å². The summed E-state index contributed by atoms with van der Waals surface area (Å²) in [7, 11) is 2.01. The zero-order valence-electron chi connectivity index (χ0n) is 8.98. The minimum Gasteiger partial charge on any atom is -0.317 e. The van der Waals surface area contributed by atoms with Crippen LogP contribution in [0, 0.1) is 11.3 Å². The molecule has 1 fully saturated rings. The quantitative estimate of drug-likeness (QED) is 0.793. The predicted octanol–water partition coefficient (Wildman–Crippen LogP) is 1.46. The van der Waals surface area contributed by atoms with Crippen molar-refractivity contribution < 1.29 is 0 Å². The number of rotatable bonds is 2. The standard InChI is InChI=1S/C11H16N4/c1-13-10-3-2-4-11(5-10)15-8-9(6-12)7-14-15/h7-8,10-11,13H,2-5H2,1H3. The Morgan fingerprint density at radius 1 is 1.60 bits per heavy atom. The first kappa shape index (κ1) is 10.2. The fraction of sp³-hybridized carbons (Fsp3) is 0.636. The van der Waals surface area contributed by atoms with Gasteiger partial charge < -0.3 is 5.32 Å². The molecule has 2 unspecified atom stereocenters. The molecule has 0 amide bonds. The van der Waals surface area contributed by atoms with Gasteiger partial charge in [-0.25, -0.2) is 0 Å². The number of hydrogen-bond acceptors (Lipinski definition) is 3. The molecular formula is C11H16N4. The van der Waals surface area contributed by atoms with Crippen LogP contribution in [0.4, 0.5) is 0 Å². The lowest BCUT2D eigenvalue weighted by molar-refractivity contribution is 0.278. The molecule has 1 saturated carbocycles. The molecule has 15 heavy (non-hydrogen) atoms. The Hall–Kier alpha value is -1.34. The number of nitrogens with one attached hydrogen (secondary N) is 1. The molecule has 0 aliphatic heterocycles. The monoisotopic (exact) mass is 204 g/mol. The fourth-order valence-corrected chi connectivity index (χ4v) is 2.26. The van der Waals surface area contributed by atoms with Crippen LogP contribution in [-0.4, -0.2) is 22.9 Å². The highest BCUT2D eigenvalue weighted by molar-refractivity contribution is 5.21. The van der Waals surface area contributed by atoms with Crippen molar-refractivity contribution in [2.24, 2.45) is 0 Å². The highest BCUT2D eigenvalue weighted by Crippen LogP contribution is 2.27. The summed E-state index contributed by atoms with van der Waals surface area (Å²) in [5, 5.41) is 16.3. The Bertz CT molecular complexity index is 363. The van der Waals surface area contributed by atoms with E-state index < -0.39 is 0 Å². The molecule has 4 nitrogen and oxygen atoms in total. The van der Waals surface area contributed by atoms with Gasteiger partial charge in [-0.1, -0.05) is 0 Å². The third kappa shape index (κ3) is 2.18. The third-order valence-electron chi connectivity index (χ3n) is 3.16. The van der Waals surface area contributed by atoms with Gasteiger partial charge in [0.05, 0.1) is 17.8 Å². The van der Waals surface area contributed by atoms with Crippen LogP contribution in [0.15, 0.2) is 12.4 Å². The molecule has 4 heteroatoms. The summed E-state index contributed by atoms with van der Waals surface area (Å²) >= 11 is 0. The molecule has 0 saturated heterocycles. The molecule has 80 valence electrons. The van der Waals surface area contributed by atoms with Crippen LogP contribution in [0.5, 0.6) is 0 Å². The topological polar surface area (TPSA) is 53.6 Å². The summed E-state index contributed by atoms with van der Waals surface area (Å²) in [5.41, 5.74) is 0.654. The fourth-order valence-electron chi connectivity index (χ4n) is 2.26. The van der Waals surface area contributed by atoms with Crippen molar-refractivity contribution >= 4 is 0 Å². The van der Waals surface area contributed by atoms with E-state index in [1.54, 1.807) is 6.20 Å². The molecule has 1 heterocycles. The molecule has 0 aromatic carbocycles. The van der Waals surface area contributed by atoms with Crippen LogP contribution in [-0.2, 0) is 0 Å². The second-order valence-electron chi connectivity index (χ2n) is 4.13. The van der Waals surface area contributed by atoms with Crippen LogP contribution < -0.4 is 5.32 Å². The van der Waals surface area contributed by atoms with E-state index >= 15 is 0 Å². The zero-order valence-corrected chi connectivity index (χ0v) is 8.98. The van der Waals surface area contributed by atoms with Crippen LogP contribution >= 0.6 is 0 Å². The molecule has 1 N–H and O–H groups in total. The molecule has 0 bridgehead atoms. The smallest absolute Gasteiger partial charge is 0.102 e. The summed E-state index contributed by atoms with van der Waals surface area (Å²) < 4.78 is 1.95. The lowest BCUT2D eigenvalue weighted by Gasteiger charge is -2.28. The maximum atomic E-state index is 8.73. The van der Waals surface area contributed by atoms with E-state index in [1.807, 2.05) is 17.9 Å². The Morgan fingerprint density at radius 3 is 3.13 bits per heavy atom. The van der Waals surface area contributed by atoms with Gasteiger partial charge in [0.1, 0.15) is 6.07 Å². The van der Waals surface area contributed by atoms with Gasteiger partial charge >= 0.3 is 0 Å². The normalized spacial score (nSPS) is 26.1. The first-order valence-corrected chi connectivity index (χ1v) is 5.45. The van der Waals surface area contributed by atoms with Crippen LogP contribution in [0.1, 0.15) is 37.3 Å². The minimum atomic E-state index is 0.457. The minimum absolute atomic E-state index is 0.457. The van der Waals surface area contributed by atoms with Crippen molar-refractivity contribution in [1.82, 2.24) is 15.1 Å². The maximum Gasteiger partial charge on any atom is 0.102 e. The average Bonchev–Trinajstić information content (AvgIpc) is 2.78. The maximum absolute atomic E-state index is 8.73. The van der Waals surface area contributed by atoms with E-state index in [4.69, 9.17) is 5.26 Å². The molecule has 0 radical (unpaired) electrons. The van der Waals surface area contributed by atoms with E-state index in [0.29, 0.717) is 17.6 Å². The van der Waals surface area contributed by atoms with Gasteiger partial charge in [-0.05, 0) is 32.7 Å². The van der Waals surface area contributed by atoms with Crippen molar-refractivity contribution in [1.29, 1.82) is 5.26 Å². The van der Waals surface area contributed by atoms with Crippen molar-refractivity contribution in [3.8, 4) is 6.07 Å². The summed E-state index contributed by atoms with van der Waals surface area (Å²) in [5.74, 6) is 0. The van der Waals surface area contributed by atoms with E-state index in [9.17, 15) is 0 Å². The lowest BCUT2D eigenvalue weighted by Crippen LogP contribution is -2.32. The third-order valence-corrected chi connectivity index (χ3v) is 3.16. The first-order valence-electron chi connectivity index (χ1n) is 5.45. The lowest BCUT2D eigenvalue weighted by atomic mass is 9.91. The second kappa shape index (κ2) is 4.45. The number of nitriles is 1. The molecule has 2 atom stereocenters. The van der Waals surface area contributed by atoms with E-state index in [0.717, 1.165) is 6.42 Å². The average molecular weight is 204 g/mol. The Kier molecular flexibility index (Phi) is 3.02. The Morgan fingerprint density at radius 2 is 2.47 bits per heavy atom. The SMILES string of the molecule is CNC1CCCC(n2cc(C#N)cn2)C1. The van der Waals surface area contributed by atoms with E-state index in [1.165, 1.54) is 19.3 Å². The molecule has 0 spiro atoms. The van der Waals surface area contributed by atoms with Crippen molar-refractivity contribution in [2.45, 2.75) is 37.8 Å². The van der Waals surface area contributed by atoms with Gasteiger partial charge in [0, 0.05) is 12.2 Å². The molecule has 1 aromatic heterocycles. The van der Waals surface area contributed by atoms with E-state index in [2.05, 4.69) is 16.5 Å². The van der Waals surface area contributed by atoms with Crippen LogP contribution in [0.25, 0.3) is 0 Å². The largest absolute Gasteiger partial charge is 0.317 e. The van der Waals surface area contributed by atoms with Crippen LogP contribution in [0.2, 0.25) is 0 Å². The van der Waals surface area contributed by atoms with Crippen LogP contribution in [0.3, 0.4) is 0 Å². The molecule has 1 aliphatic carbocycles. The van der Waals surface area contributed by atoms with Gasteiger partial charge in [-0.15, -0.1) is 0 Å². The second-order valence-corrected chi connectivity index (χ2v) is 4.13. The number of aromatic nitrogens is 2. The molecule has 1 aliphatic rings. The van der Waals surface area contributed by atoms with Crippen molar-refractivity contribution in [3.63, 3.8) is 0 Å². The molecule has 1 aromatic rings. The highest BCUT2D eigenvalue weighted by atomic mass is 15.3. The van der Waals surface area contributed by atoms with Crippen molar-refractivity contribution in [3.05, 3.63) is 18.0 Å². The summed E-state index contributed by atoms with van der Waals surface area (Å²) in [6.07, 6.45) is 8.26. The Balaban J connectivity index is 2.07. The molecular weight excluding hydrogens is 188 g/mol. The van der Waals surface area contributed by atoms with Gasteiger partial charge in [0.2, 0.25) is 0 Å². The van der Waals surface area contributed by atoms with Gasteiger partial charge in [-0.2, -0.15) is 10.4 Å².